The van der Waals surface area contributed by atoms with Crippen molar-refractivity contribution < 1.29 is 9.90 Å². The number of fused-ring (bicyclic) bond motifs is 1. The molecule has 3 aromatic heterocycles. The van der Waals surface area contributed by atoms with E-state index in [0.717, 1.165) is 65.0 Å². The van der Waals surface area contributed by atoms with Crippen LogP contribution in [0.25, 0.3) is 22.3 Å². The van der Waals surface area contributed by atoms with E-state index in [1.54, 1.807) is 0 Å². The number of nitrogens with one attached hydrogen (secondary N) is 4. The van der Waals surface area contributed by atoms with Gasteiger partial charge in [-0.25, -0.2) is 4.98 Å². The number of aromatic amines is 1. The SMILES string of the molecule is Cc1[nH]c(-c2cnc(Nc3ccc4nsnc4c3)cc2NC(C)C)cc1C(=O)NC1CCC(O)CC1. The number of hydrogen-bond donors (Lipinski definition) is 5. The minimum atomic E-state index is -0.247. The van der Waals surface area contributed by atoms with Crippen molar-refractivity contribution in [2.24, 2.45) is 0 Å². The molecular weight excluding hydrogens is 474 g/mol. The number of aliphatic hydroxyl groups is 1. The van der Waals surface area contributed by atoms with Crippen LogP contribution < -0.4 is 16.0 Å². The number of aliphatic hydroxyl groups excluding tert-OH is 1. The van der Waals surface area contributed by atoms with Crippen LogP contribution in [0, 0.1) is 6.92 Å². The molecule has 1 aliphatic carbocycles. The molecule has 0 radical (unpaired) electrons. The lowest BCUT2D eigenvalue weighted by molar-refractivity contribution is 0.0867. The normalized spacial score (nSPS) is 17.9. The molecule has 0 bridgehead atoms. The highest BCUT2D eigenvalue weighted by molar-refractivity contribution is 7.00. The summed E-state index contributed by atoms with van der Waals surface area (Å²) in [4.78, 5) is 21.0. The molecule has 0 spiro atoms. The monoisotopic (exact) mass is 505 g/mol. The van der Waals surface area contributed by atoms with Crippen LogP contribution in [-0.2, 0) is 0 Å². The minimum absolute atomic E-state index is 0.0899. The Morgan fingerprint density at radius 2 is 1.89 bits per heavy atom. The Morgan fingerprint density at radius 1 is 1.11 bits per heavy atom. The molecule has 0 atom stereocenters. The Bertz CT molecular complexity index is 1370. The van der Waals surface area contributed by atoms with E-state index in [9.17, 15) is 9.90 Å². The summed E-state index contributed by atoms with van der Waals surface area (Å²) >= 11 is 1.20. The first-order valence-electron chi connectivity index (χ1n) is 12.3. The summed E-state index contributed by atoms with van der Waals surface area (Å²) in [5.41, 5.74) is 6.66. The first-order valence-corrected chi connectivity index (χ1v) is 13.0. The van der Waals surface area contributed by atoms with Crippen LogP contribution in [0.2, 0.25) is 0 Å². The van der Waals surface area contributed by atoms with E-state index < -0.39 is 0 Å². The van der Waals surface area contributed by atoms with Crippen LogP contribution in [0.15, 0.2) is 36.5 Å². The predicted octanol–water partition coefficient (Wildman–Crippen LogP) is 4.99. The number of carbonyl (C=O) groups is 1. The summed E-state index contributed by atoms with van der Waals surface area (Å²) in [6.45, 7) is 6.08. The summed E-state index contributed by atoms with van der Waals surface area (Å²) in [5, 5.41) is 19.7. The molecule has 3 heterocycles. The van der Waals surface area contributed by atoms with Crippen molar-refractivity contribution >= 4 is 45.9 Å². The molecule has 36 heavy (non-hydrogen) atoms. The predicted molar refractivity (Wildman–Crippen MR) is 144 cm³/mol. The summed E-state index contributed by atoms with van der Waals surface area (Å²) in [7, 11) is 0. The van der Waals surface area contributed by atoms with Crippen LogP contribution >= 0.6 is 11.7 Å². The zero-order valence-corrected chi connectivity index (χ0v) is 21.4. The van der Waals surface area contributed by atoms with Crippen LogP contribution in [0.4, 0.5) is 17.2 Å². The third kappa shape index (κ3) is 5.34. The molecule has 1 aromatic carbocycles. The number of aryl methyl sites for hydroxylation is 1. The van der Waals surface area contributed by atoms with E-state index in [-0.39, 0.29) is 24.1 Å². The number of carbonyl (C=O) groups excluding carboxylic acids is 1. The van der Waals surface area contributed by atoms with Gasteiger partial charge in [-0.1, -0.05) is 0 Å². The second-order valence-corrected chi connectivity index (χ2v) is 10.2. The second-order valence-electron chi connectivity index (χ2n) is 9.71. The quantitative estimate of drug-likeness (QED) is 0.239. The lowest BCUT2D eigenvalue weighted by atomic mass is 9.93. The number of anilines is 3. The van der Waals surface area contributed by atoms with Crippen LogP contribution in [0.3, 0.4) is 0 Å². The molecule has 9 nitrogen and oxygen atoms in total. The Labute approximate surface area is 214 Å². The number of nitrogens with zero attached hydrogens (tertiary/aromatic N) is 3. The summed E-state index contributed by atoms with van der Waals surface area (Å²) in [6, 6.07) is 10.0. The Kier molecular flexibility index (Phi) is 6.88. The lowest BCUT2D eigenvalue weighted by Gasteiger charge is -2.26. The van der Waals surface area contributed by atoms with Crippen molar-refractivity contribution in [2.75, 3.05) is 10.6 Å². The van der Waals surface area contributed by atoms with Gasteiger partial charge in [0.05, 0.1) is 29.1 Å². The standard InChI is InChI=1S/C26H31N7O2S/c1-14(2)28-23-12-25(30-17-6-9-21-24(10-17)33-36-32-21)27-13-20(23)22-11-19(15(3)29-22)26(35)31-16-4-7-18(34)8-5-16/h6,9-14,16,18,29,34H,4-5,7-8H2,1-3H3,(H,31,35)(H2,27,28,30). The Morgan fingerprint density at radius 3 is 2.67 bits per heavy atom. The fourth-order valence-electron chi connectivity index (χ4n) is 4.60. The largest absolute Gasteiger partial charge is 0.393 e. The number of rotatable bonds is 7. The van der Waals surface area contributed by atoms with Gasteiger partial charge in [0.2, 0.25) is 0 Å². The molecule has 4 aromatic rings. The topological polar surface area (TPSA) is 128 Å². The Hall–Kier alpha value is -3.50. The van der Waals surface area contributed by atoms with E-state index in [2.05, 4.69) is 48.5 Å². The van der Waals surface area contributed by atoms with Crippen molar-refractivity contribution in [1.82, 2.24) is 24.0 Å². The van der Waals surface area contributed by atoms with Crippen molar-refractivity contribution in [1.29, 1.82) is 0 Å². The van der Waals surface area contributed by atoms with Crippen LogP contribution in [0.1, 0.15) is 55.6 Å². The average Bonchev–Trinajstić information content (AvgIpc) is 3.46. The van der Waals surface area contributed by atoms with Crippen molar-refractivity contribution in [3.8, 4) is 11.3 Å². The third-order valence-electron chi connectivity index (χ3n) is 6.46. The van der Waals surface area contributed by atoms with Crippen molar-refractivity contribution in [3.63, 3.8) is 0 Å². The number of H-pyrrole nitrogens is 1. The Balaban J connectivity index is 1.38. The summed E-state index contributed by atoms with van der Waals surface area (Å²) in [5.74, 6) is 0.609. The maximum absolute atomic E-state index is 13.0. The highest BCUT2D eigenvalue weighted by Crippen LogP contribution is 2.32. The summed E-state index contributed by atoms with van der Waals surface area (Å²) in [6.07, 6.45) is 4.63. The highest BCUT2D eigenvalue weighted by Gasteiger charge is 2.23. The first kappa shape index (κ1) is 24.2. The summed E-state index contributed by atoms with van der Waals surface area (Å²) < 4.78 is 8.56. The molecule has 0 aliphatic heterocycles. The number of pyridine rings is 1. The van der Waals surface area contributed by atoms with E-state index in [0.29, 0.717) is 11.4 Å². The number of aromatic nitrogens is 4. The molecule has 1 aliphatic rings. The van der Waals surface area contributed by atoms with E-state index in [1.165, 1.54) is 11.7 Å². The van der Waals surface area contributed by atoms with E-state index in [4.69, 9.17) is 0 Å². The van der Waals surface area contributed by atoms with Gasteiger partial charge in [-0.15, -0.1) is 0 Å². The molecule has 0 unspecified atom stereocenters. The molecule has 0 saturated heterocycles. The van der Waals surface area contributed by atoms with Gasteiger partial charge in [0.1, 0.15) is 16.9 Å². The molecule has 5 N–H and O–H groups in total. The smallest absolute Gasteiger partial charge is 0.253 e. The van der Waals surface area contributed by atoms with Gasteiger partial charge < -0.3 is 26.0 Å². The zero-order valence-electron chi connectivity index (χ0n) is 20.6. The second kappa shape index (κ2) is 10.2. The average molecular weight is 506 g/mol. The molecule has 10 heteroatoms. The maximum Gasteiger partial charge on any atom is 0.253 e. The number of amides is 1. The fourth-order valence-corrected chi connectivity index (χ4v) is 5.12. The van der Waals surface area contributed by atoms with Gasteiger partial charge in [-0.05, 0) is 70.7 Å². The molecule has 1 fully saturated rings. The third-order valence-corrected chi connectivity index (χ3v) is 7.01. The number of benzene rings is 1. The van der Waals surface area contributed by atoms with E-state index in [1.807, 2.05) is 43.5 Å². The zero-order chi connectivity index (χ0) is 25.2. The van der Waals surface area contributed by atoms with Gasteiger partial charge >= 0.3 is 0 Å². The molecule has 188 valence electrons. The number of hydrogen-bond acceptors (Lipinski definition) is 8. The van der Waals surface area contributed by atoms with Gasteiger partial charge in [-0.2, -0.15) is 8.75 Å². The van der Waals surface area contributed by atoms with Gasteiger partial charge in [0, 0.05) is 47.0 Å². The van der Waals surface area contributed by atoms with Crippen LogP contribution in [-0.4, -0.2) is 47.9 Å². The lowest BCUT2D eigenvalue weighted by Crippen LogP contribution is -2.38. The van der Waals surface area contributed by atoms with Gasteiger partial charge in [0.15, 0.2) is 0 Å². The van der Waals surface area contributed by atoms with Crippen molar-refractivity contribution in [3.05, 3.63) is 47.8 Å². The molecule has 5 rings (SSSR count). The fraction of sp³-hybridized carbons (Fsp3) is 0.385. The molecular formula is C26H31N7O2S. The molecule has 1 amide bonds. The van der Waals surface area contributed by atoms with Crippen LogP contribution in [0.5, 0.6) is 0 Å². The van der Waals surface area contributed by atoms with Gasteiger partial charge in [-0.3, -0.25) is 4.79 Å². The highest BCUT2D eigenvalue weighted by atomic mass is 32.1. The maximum atomic E-state index is 13.0. The molecule has 1 saturated carbocycles. The van der Waals surface area contributed by atoms with Crippen molar-refractivity contribution in [2.45, 2.75) is 64.6 Å². The van der Waals surface area contributed by atoms with Gasteiger partial charge in [0.25, 0.3) is 5.91 Å². The van der Waals surface area contributed by atoms with E-state index >= 15 is 0 Å². The minimum Gasteiger partial charge on any atom is -0.393 e. The first-order chi connectivity index (χ1) is 17.4.